The number of fused-ring (bicyclic) bond motifs is 1. The molecule has 1 aliphatic rings. The number of hydrogen-bond acceptors (Lipinski definition) is 5. The fourth-order valence-electron chi connectivity index (χ4n) is 2.64. The topological polar surface area (TPSA) is 93.7 Å². The van der Waals surface area contributed by atoms with Crippen LogP contribution in [0.4, 0.5) is 0 Å². The molecule has 2 aromatic rings. The number of amides is 1. The van der Waals surface area contributed by atoms with Crippen molar-refractivity contribution in [2.75, 3.05) is 6.79 Å². The molecule has 1 aliphatic heterocycles. The van der Waals surface area contributed by atoms with Crippen LogP contribution in [0.5, 0.6) is 11.5 Å². The smallest absolute Gasteiger partial charge is 0.244 e. The largest absolute Gasteiger partial charge is 0.454 e. The fourth-order valence-corrected chi connectivity index (χ4v) is 3.96. The molecule has 1 heterocycles. The minimum absolute atomic E-state index is 0.170. The summed E-state index contributed by atoms with van der Waals surface area (Å²) in [6, 6.07) is 11.7. The lowest BCUT2D eigenvalue weighted by Crippen LogP contribution is -2.30. The molecule has 0 saturated carbocycles. The Balaban J connectivity index is 1.59. The van der Waals surface area contributed by atoms with Crippen molar-refractivity contribution >= 4 is 22.0 Å². The Bertz CT molecular complexity index is 999. The molecule has 28 heavy (non-hydrogen) atoms. The summed E-state index contributed by atoms with van der Waals surface area (Å²) in [5.74, 6) is 1.05. The number of rotatable bonds is 7. The van der Waals surface area contributed by atoms with E-state index in [2.05, 4.69) is 10.0 Å². The lowest BCUT2D eigenvalue weighted by molar-refractivity contribution is -0.116. The van der Waals surface area contributed by atoms with Crippen LogP contribution in [0.3, 0.4) is 0 Å². The summed E-state index contributed by atoms with van der Waals surface area (Å²) in [5.41, 5.74) is 1.50. The molecule has 0 atom stereocenters. The van der Waals surface area contributed by atoms with E-state index in [1.807, 2.05) is 6.07 Å². The van der Waals surface area contributed by atoms with Crippen LogP contribution in [0.25, 0.3) is 6.08 Å². The van der Waals surface area contributed by atoms with E-state index < -0.39 is 10.0 Å². The summed E-state index contributed by atoms with van der Waals surface area (Å²) in [7, 11) is -3.57. The van der Waals surface area contributed by atoms with Gasteiger partial charge in [-0.1, -0.05) is 18.2 Å². The molecule has 0 fully saturated rings. The Labute approximate surface area is 164 Å². The van der Waals surface area contributed by atoms with Gasteiger partial charge >= 0.3 is 0 Å². The average molecular weight is 402 g/mol. The zero-order valence-corrected chi connectivity index (χ0v) is 16.5. The number of nitrogens with one attached hydrogen (secondary N) is 2. The highest BCUT2D eigenvalue weighted by molar-refractivity contribution is 7.89. The van der Waals surface area contributed by atoms with E-state index in [-0.39, 0.29) is 30.2 Å². The highest BCUT2D eigenvalue weighted by Crippen LogP contribution is 2.32. The minimum Gasteiger partial charge on any atom is -0.454 e. The predicted molar refractivity (Wildman–Crippen MR) is 105 cm³/mol. The Morgan fingerprint density at radius 3 is 2.71 bits per heavy atom. The van der Waals surface area contributed by atoms with Gasteiger partial charge in [-0.2, -0.15) is 0 Å². The van der Waals surface area contributed by atoms with Crippen LogP contribution in [-0.4, -0.2) is 27.2 Å². The van der Waals surface area contributed by atoms with E-state index in [0.29, 0.717) is 17.1 Å². The Morgan fingerprint density at radius 2 is 1.93 bits per heavy atom. The minimum atomic E-state index is -3.57. The first kappa shape index (κ1) is 19.9. The van der Waals surface area contributed by atoms with Crippen LogP contribution in [-0.2, 0) is 21.4 Å². The highest BCUT2D eigenvalue weighted by atomic mass is 32.2. The summed E-state index contributed by atoms with van der Waals surface area (Å²) < 4.78 is 37.6. The van der Waals surface area contributed by atoms with Gasteiger partial charge in [0.15, 0.2) is 11.5 Å². The van der Waals surface area contributed by atoms with Gasteiger partial charge in [-0.15, -0.1) is 0 Å². The second kappa shape index (κ2) is 8.45. The molecule has 7 nitrogen and oxygen atoms in total. The van der Waals surface area contributed by atoms with Crippen LogP contribution < -0.4 is 19.5 Å². The van der Waals surface area contributed by atoms with Crippen LogP contribution in [0.1, 0.15) is 25.0 Å². The van der Waals surface area contributed by atoms with Gasteiger partial charge in [0.25, 0.3) is 0 Å². The second-order valence-corrected chi connectivity index (χ2v) is 8.30. The van der Waals surface area contributed by atoms with Crippen LogP contribution in [0, 0.1) is 0 Å². The van der Waals surface area contributed by atoms with Crippen LogP contribution in [0.2, 0.25) is 0 Å². The summed E-state index contributed by atoms with van der Waals surface area (Å²) in [4.78, 5) is 12.2. The van der Waals surface area contributed by atoms with Crippen molar-refractivity contribution in [3.05, 3.63) is 59.7 Å². The Hall–Kier alpha value is -2.84. The first-order valence-electron chi connectivity index (χ1n) is 8.80. The maximum atomic E-state index is 12.2. The lowest BCUT2D eigenvalue weighted by atomic mass is 10.2. The third-order valence-electron chi connectivity index (χ3n) is 3.89. The second-order valence-electron chi connectivity index (χ2n) is 6.59. The molecule has 0 unspecified atom stereocenters. The predicted octanol–water partition coefficient (Wildman–Crippen LogP) is 2.43. The summed E-state index contributed by atoms with van der Waals surface area (Å²) in [5, 5.41) is 2.74. The normalized spacial score (nSPS) is 13.2. The number of benzene rings is 2. The average Bonchev–Trinajstić information content (AvgIpc) is 3.12. The van der Waals surface area contributed by atoms with Crippen molar-refractivity contribution in [1.29, 1.82) is 0 Å². The van der Waals surface area contributed by atoms with Gasteiger partial charge in [0.2, 0.25) is 22.7 Å². The first-order valence-corrected chi connectivity index (χ1v) is 10.3. The molecule has 3 rings (SSSR count). The summed E-state index contributed by atoms with van der Waals surface area (Å²) in [6.07, 6.45) is 3.09. The number of hydrogen-bond donors (Lipinski definition) is 2. The van der Waals surface area contributed by atoms with E-state index in [9.17, 15) is 13.2 Å². The van der Waals surface area contributed by atoms with Crippen molar-refractivity contribution in [3.8, 4) is 11.5 Å². The highest BCUT2D eigenvalue weighted by Gasteiger charge is 2.15. The lowest BCUT2D eigenvalue weighted by Gasteiger charge is -2.11. The number of sulfonamides is 1. The van der Waals surface area contributed by atoms with E-state index in [4.69, 9.17) is 9.47 Å². The monoisotopic (exact) mass is 402 g/mol. The van der Waals surface area contributed by atoms with Gasteiger partial charge in [-0.05, 0) is 55.3 Å². The van der Waals surface area contributed by atoms with Gasteiger partial charge in [0.05, 0.1) is 4.90 Å². The van der Waals surface area contributed by atoms with Crippen LogP contribution >= 0.6 is 0 Å². The molecule has 2 N–H and O–H groups in total. The standard InChI is InChI=1S/C20H22N2O5S/c1-14(2)22-28(24,25)17-5-3-4-16(10-17)12-21-20(23)9-7-15-6-8-18-19(11-15)27-13-26-18/h3-11,14,22H,12-13H2,1-2H3,(H,21,23)/b9-7+. The molecule has 2 aromatic carbocycles. The Kier molecular flexibility index (Phi) is 6.01. The molecule has 148 valence electrons. The van der Waals surface area contributed by atoms with Gasteiger partial charge < -0.3 is 14.8 Å². The molecule has 1 amide bonds. The maximum Gasteiger partial charge on any atom is 0.244 e. The molecular weight excluding hydrogens is 380 g/mol. The third kappa shape index (κ3) is 5.11. The van der Waals surface area contributed by atoms with Crippen molar-refractivity contribution < 1.29 is 22.7 Å². The fraction of sp³-hybridized carbons (Fsp3) is 0.250. The van der Waals surface area contributed by atoms with Crippen molar-refractivity contribution in [1.82, 2.24) is 10.0 Å². The van der Waals surface area contributed by atoms with Gasteiger partial charge in [0, 0.05) is 18.7 Å². The number of ether oxygens (including phenoxy) is 2. The van der Waals surface area contributed by atoms with E-state index in [1.54, 1.807) is 50.3 Å². The zero-order chi connectivity index (χ0) is 20.1. The zero-order valence-electron chi connectivity index (χ0n) is 15.6. The molecule has 0 bridgehead atoms. The molecule has 0 radical (unpaired) electrons. The quantitative estimate of drug-likeness (QED) is 0.694. The molecular formula is C20H22N2O5S. The van der Waals surface area contributed by atoms with Gasteiger partial charge in [-0.25, -0.2) is 13.1 Å². The number of carbonyl (C=O) groups excluding carboxylic acids is 1. The SMILES string of the molecule is CC(C)NS(=O)(=O)c1cccc(CNC(=O)/C=C/c2ccc3c(c2)OCO3)c1. The van der Waals surface area contributed by atoms with Crippen molar-refractivity contribution in [3.63, 3.8) is 0 Å². The molecule has 0 aliphatic carbocycles. The summed E-state index contributed by atoms with van der Waals surface area (Å²) in [6.45, 7) is 3.93. The van der Waals surface area contributed by atoms with E-state index in [0.717, 1.165) is 5.56 Å². The first-order chi connectivity index (χ1) is 13.3. The molecule has 8 heteroatoms. The number of carbonyl (C=O) groups is 1. The molecule has 0 aromatic heterocycles. The van der Waals surface area contributed by atoms with Crippen LogP contribution in [0.15, 0.2) is 53.4 Å². The van der Waals surface area contributed by atoms with Gasteiger partial charge in [-0.3, -0.25) is 4.79 Å². The summed E-state index contributed by atoms with van der Waals surface area (Å²) >= 11 is 0. The van der Waals surface area contributed by atoms with Crippen molar-refractivity contribution in [2.24, 2.45) is 0 Å². The maximum absolute atomic E-state index is 12.2. The van der Waals surface area contributed by atoms with E-state index in [1.165, 1.54) is 12.1 Å². The molecule has 0 spiro atoms. The van der Waals surface area contributed by atoms with E-state index >= 15 is 0 Å². The third-order valence-corrected chi connectivity index (χ3v) is 5.55. The van der Waals surface area contributed by atoms with Crippen molar-refractivity contribution in [2.45, 2.75) is 31.3 Å². The molecule has 0 saturated heterocycles. The Morgan fingerprint density at radius 1 is 1.14 bits per heavy atom. The van der Waals surface area contributed by atoms with Gasteiger partial charge in [0.1, 0.15) is 0 Å².